The zero-order chi connectivity index (χ0) is 28.6. The first-order valence-corrected chi connectivity index (χ1v) is 16.0. The SMILES string of the molecule is C=C(C)[C@@H]1CC[C@]2(CO)CC[C@]3(C)[C@H](CC[C@@H]4[C@@]5(C)C=C(C(OCC)OCC)C(=O)C(C)(C)[C@@H]5CC[C@]43C)[C@@H]12. The van der Waals surface area contributed by atoms with Crippen molar-refractivity contribution in [3.05, 3.63) is 23.8 Å². The number of Topliss-reactive ketones (excluding diaryl/α,β-unsaturated/α-hetero) is 1. The highest BCUT2D eigenvalue weighted by molar-refractivity contribution is 6.01. The quantitative estimate of drug-likeness (QED) is 0.265. The van der Waals surface area contributed by atoms with Crippen molar-refractivity contribution in [2.24, 2.45) is 56.7 Å². The Labute approximate surface area is 238 Å². The van der Waals surface area contributed by atoms with Crippen molar-refractivity contribution in [3.63, 3.8) is 0 Å². The third kappa shape index (κ3) is 3.89. The summed E-state index contributed by atoms with van der Waals surface area (Å²) in [6.45, 7) is 24.1. The summed E-state index contributed by atoms with van der Waals surface area (Å²) in [6.07, 6.45) is 11.1. The number of hydrogen-bond acceptors (Lipinski definition) is 4. The molecule has 0 radical (unpaired) electrons. The van der Waals surface area contributed by atoms with Crippen LogP contribution in [0.1, 0.15) is 107 Å². The first-order valence-electron chi connectivity index (χ1n) is 16.0. The van der Waals surface area contributed by atoms with Crippen LogP contribution in [0.2, 0.25) is 0 Å². The highest BCUT2D eigenvalue weighted by atomic mass is 16.7. The second kappa shape index (κ2) is 9.80. The number of hydrogen-bond donors (Lipinski definition) is 1. The molecule has 0 bridgehead atoms. The molecular weight excluding hydrogens is 484 g/mol. The van der Waals surface area contributed by atoms with Crippen LogP contribution in [-0.4, -0.2) is 37.0 Å². The van der Waals surface area contributed by atoms with Crippen molar-refractivity contribution >= 4 is 5.78 Å². The summed E-state index contributed by atoms with van der Waals surface area (Å²) in [5.74, 6) is 2.72. The number of ketones is 1. The lowest BCUT2D eigenvalue weighted by molar-refractivity contribution is -0.222. The Morgan fingerprint density at radius 2 is 1.62 bits per heavy atom. The minimum atomic E-state index is -0.584. The van der Waals surface area contributed by atoms with Crippen molar-refractivity contribution in [1.82, 2.24) is 0 Å². The van der Waals surface area contributed by atoms with E-state index in [2.05, 4.69) is 54.2 Å². The highest BCUT2D eigenvalue weighted by Crippen LogP contribution is 2.77. The minimum Gasteiger partial charge on any atom is -0.396 e. The summed E-state index contributed by atoms with van der Waals surface area (Å²) in [5.41, 5.74) is 2.00. The third-order valence-electron chi connectivity index (χ3n) is 13.8. The Morgan fingerprint density at radius 1 is 0.949 bits per heavy atom. The van der Waals surface area contributed by atoms with Crippen LogP contribution in [0.4, 0.5) is 0 Å². The molecule has 5 aliphatic rings. The molecule has 5 rings (SSSR count). The largest absolute Gasteiger partial charge is 0.396 e. The fourth-order valence-electron chi connectivity index (χ4n) is 11.8. The van der Waals surface area contributed by atoms with E-state index in [4.69, 9.17) is 9.47 Å². The second-order valence-corrected chi connectivity index (χ2v) is 15.5. The maximum absolute atomic E-state index is 14.0. The summed E-state index contributed by atoms with van der Waals surface area (Å²) in [6, 6.07) is 0. The van der Waals surface area contributed by atoms with Gasteiger partial charge >= 0.3 is 0 Å². The van der Waals surface area contributed by atoms with Crippen molar-refractivity contribution in [2.45, 2.75) is 113 Å². The lowest BCUT2D eigenvalue weighted by Crippen LogP contribution is -2.66. The standard InChI is InChI=1S/C35H56O4/c1-10-38-30(39-11-2)24-20-32(7)26(31(5,6)29(24)37)15-16-34(9)27(32)13-12-25-28-23(22(3)4)14-17-35(28,21-36)19-18-33(25,34)8/h20,23,25-28,30,36H,3,10-19,21H2,1-2,4-9H3/t23-,25+,26-,27+,28+,32-,33+,34+,35+/m0/s1. The number of rotatable bonds is 7. The van der Waals surface area contributed by atoms with Gasteiger partial charge in [0.1, 0.15) is 0 Å². The monoisotopic (exact) mass is 540 g/mol. The lowest BCUT2D eigenvalue weighted by atomic mass is 9.32. The van der Waals surface area contributed by atoms with Gasteiger partial charge in [0, 0.05) is 30.8 Å². The molecule has 4 saturated carbocycles. The Hall–Kier alpha value is -0.970. The van der Waals surface area contributed by atoms with Gasteiger partial charge in [-0.1, -0.05) is 52.8 Å². The highest BCUT2D eigenvalue weighted by Gasteiger charge is 2.70. The molecule has 1 N–H and O–H groups in total. The van der Waals surface area contributed by atoms with E-state index in [1.165, 1.54) is 37.7 Å². The van der Waals surface area contributed by atoms with E-state index in [-0.39, 0.29) is 27.4 Å². The third-order valence-corrected chi connectivity index (χ3v) is 13.8. The van der Waals surface area contributed by atoms with Crippen molar-refractivity contribution in [2.75, 3.05) is 19.8 Å². The van der Waals surface area contributed by atoms with Crippen LogP contribution >= 0.6 is 0 Å². The van der Waals surface area contributed by atoms with Crippen LogP contribution in [0.3, 0.4) is 0 Å². The number of carbonyl (C=O) groups is 1. The molecule has 9 atom stereocenters. The van der Waals surface area contributed by atoms with E-state index < -0.39 is 11.7 Å². The number of carbonyl (C=O) groups excluding carboxylic acids is 1. The van der Waals surface area contributed by atoms with Gasteiger partial charge in [-0.3, -0.25) is 4.79 Å². The molecule has 0 amide bonds. The van der Waals surface area contributed by atoms with Gasteiger partial charge in [0.15, 0.2) is 12.1 Å². The maximum Gasteiger partial charge on any atom is 0.186 e. The number of allylic oxidation sites excluding steroid dienone is 2. The molecule has 0 saturated heterocycles. The first kappa shape index (κ1) is 29.5. The second-order valence-electron chi connectivity index (χ2n) is 15.5. The summed E-state index contributed by atoms with van der Waals surface area (Å²) >= 11 is 0. The van der Waals surface area contributed by atoms with Crippen molar-refractivity contribution in [3.8, 4) is 0 Å². The molecular formula is C35H56O4. The van der Waals surface area contributed by atoms with Crippen molar-refractivity contribution < 1.29 is 19.4 Å². The van der Waals surface area contributed by atoms with Crippen LogP contribution in [0, 0.1) is 56.7 Å². The van der Waals surface area contributed by atoms with Gasteiger partial charge in [-0.05, 0) is 123 Å². The molecule has 0 aliphatic heterocycles. The van der Waals surface area contributed by atoms with Crippen LogP contribution in [-0.2, 0) is 14.3 Å². The molecule has 0 heterocycles. The van der Waals surface area contributed by atoms with Crippen LogP contribution < -0.4 is 0 Å². The molecule has 0 aromatic rings. The van der Waals surface area contributed by atoms with Crippen LogP contribution in [0.25, 0.3) is 0 Å². The normalized spacial score (nSPS) is 46.7. The zero-order valence-corrected chi connectivity index (χ0v) is 26.2. The predicted molar refractivity (Wildman–Crippen MR) is 157 cm³/mol. The predicted octanol–water partition coefficient (Wildman–Crippen LogP) is 7.75. The van der Waals surface area contributed by atoms with Gasteiger partial charge in [0.25, 0.3) is 0 Å². The average Bonchev–Trinajstić information content (AvgIpc) is 3.27. The van der Waals surface area contributed by atoms with Crippen LogP contribution in [0.5, 0.6) is 0 Å². The molecule has 4 fully saturated rings. The molecule has 0 spiro atoms. The fraction of sp³-hybridized carbons (Fsp3) is 0.857. The summed E-state index contributed by atoms with van der Waals surface area (Å²) in [5, 5.41) is 10.8. The van der Waals surface area contributed by atoms with E-state index in [1.807, 2.05) is 13.8 Å². The number of aliphatic hydroxyl groups is 1. The summed E-state index contributed by atoms with van der Waals surface area (Å²) < 4.78 is 12.1. The van der Waals surface area contributed by atoms with Gasteiger partial charge in [-0.15, -0.1) is 0 Å². The molecule has 39 heavy (non-hydrogen) atoms. The minimum absolute atomic E-state index is 0.0760. The number of fused-ring (bicyclic) bond motifs is 7. The molecule has 4 nitrogen and oxygen atoms in total. The van der Waals surface area contributed by atoms with Crippen LogP contribution in [0.15, 0.2) is 23.8 Å². The first-order chi connectivity index (χ1) is 18.3. The van der Waals surface area contributed by atoms with Gasteiger partial charge in [0.2, 0.25) is 0 Å². The Balaban J connectivity index is 1.59. The topological polar surface area (TPSA) is 55.8 Å². The molecule has 0 aromatic heterocycles. The Bertz CT molecular complexity index is 1020. The molecule has 0 aromatic carbocycles. The van der Waals surface area contributed by atoms with E-state index in [0.29, 0.717) is 49.4 Å². The summed E-state index contributed by atoms with van der Waals surface area (Å²) in [4.78, 5) is 14.0. The Kier molecular flexibility index (Phi) is 7.42. The molecule has 220 valence electrons. The van der Waals surface area contributed by atoms with E-state index in [9.17, 15) is 9.90 Å². The summed E-state index contributed by atoms with van der Waals surface area (Å²) in [7, 11) is 0. The van der Waals surface area contributed by atoms with Crippen molar-refractivity contribution in [1.29, 1.82) is 0 Å². The average molecular weight is 541 g/mol. The molecule has 0 unspecified atom stereocenters. The van der Waals surface area contributed by atoms with Gasteiger partial charge < -0.3 is 14.6 Å². The van der Waals surface area contributed by atoms with E-state index in [1.54, 1.807) is 0 Å². The number of aliphatic hydroxyl groups excluding tert-OH is 1. The van der Waals surface area contributed by atoms with E-state index in [0.717, 1.165) is 24.8 Å². The molecule has 5 aliphatic carbocycles. The number of ether oxygens (including phenoxy) is 2. The maximum atomic E-state index is 14.0. The molecule has 4 heteroatoms. The zero-order valence-electron chi connectivity index (χ0n) is 26.2. The van der Waals surface area contributed by atoms with Gasteiger partial charge in [-0.25, -0.2) is 0 Å². The Morgan fingerprint density at radius 3 is 2.21 bits per heavy atom. The van der Waals surface area contributed by atoms with E-state index >= 15 is 0 Å². The van der Waals surface area contributed by atoms with Gasteiger partial charge in [0.05, 0.1) is 0 Å². The van der Waals surface area contributed by atoms with Gasteiger partial charge in [-0.2, -0.15) is 0 Å². The smallest absolute Gasteiger partial charge is 0.186 e. The lowest BCUT2D eigenvalue weighted by Gasteiger charge is -2.71. The fourth-order valence-corrected chi connectivity index (χ4v) is 11.8.